The van der Waals surface area contributed by atoms with E-state index < -0.39 is 18.0 Å². The first-order chi connectivity index (χ1) is 4.54. The Morgan fingerprint density at radius 3 is 2.09 bits per heavy atom. The minimum atomic E-state index is -1.17. The summed E-state index contributed by atoms with van der Waals surface area (Å²) in [5.41, 5.74) is 5.00. The van der Waals surface area contributed by atoms with Crippen molar-refractivity contribution in [3.05, 3.63) is 0 Å². The molecule has 5 nitrogen and oxygen atoms in total. The molecule has 58 valence electrons. The molecule has 0 spiro atoms. The van der Waals surface area contributed by atoms with Crippen LogP contribution in [0, 0.1) is 0 Å². The number of carboxylic acids is 2. The maximum absolute atomic E-state index is 9.99. The molecule has 0 aliphatic carbocycles. The van der Waals surface area contributed by atoms with Crippen molar-refractivity contribution in [1.29, 1.82) is 0 Å². The number of nitrogens with two attached hydrogens (primary N) is 1. The van der Waals surface area contributed by atoms with Crippen LogP contribution in [0.1, 0.15) is 12.8 Å². The third-order valence-corrected chi connectivity index (χ3v) is 0.986. The molecule has 0 amide bonds. The van der Waals surface area contributed by atoms with Crippen LogP contribution in [0.15, 0.2) is 0 Å². The van der Waals surface area contributed by atoms with E-state index in [0.29, 0.717) is 0 Å². The molecule has 1 atom stereocenters. The van der Waals surface area contributed by atoms with Crippen LogP contribution in [0.25, 0.3) is 0 Å². The van der Waals surface area contributed by atoms with E-state index in [4.69, 9.17) is 15.9 Å². The van der Waals surface area contributed by atoms with Crippen LogP contribution in [0.5, 0.6) is 0 Å². The summed E-state index contributed by atoms with van der Waals surface area (Å²) in [6.07, 6.45) is -0.224. The fourth-order valence-electron chi connectivity index (χ4n) is 0.402. The zero-order valence-corrected chi connectivity index (χ0v) is 9.40. The summed E-state index contributed by atoms with van der Waals surface area (Å²) in [5, 5.41) is 16.3. The van der Waals surface area contributed by atoms with Gasteiger partial charge >= 0.3 is 63.3 Å². The molecule has 0 bridgehead atoms. The van der Waals surface area contributed by atoms with Gasteiger partial charge in [-0.2, -0.15) is 0 Å². The zero-order valence-electron chi connectivity index (χ0n) is 6.28. The molecule has 0 aliphatic rings. The van der Waals surface area contributed by atoms with E-state index in [0.717, 1.165) is 0 Å². The first-order valence-electron chi connectivity index (χ1n) is 2.74. The Kier molecular flexibility index (Phi) is 9.22. The molecule has 0 aromatic rings. The van der Waals surface area contributed by atoms with Gasteiger partial charge in [0.05, 0.1) is 0 Å². The van der Waals surface area contributed by atoms with Crippen molar-refractivity contribution in [2.24, 2.45) is 5.73 Å². The summed E-state index contributed by atoms with van der Waals surface area (Å²) in [6.45, 7) is 0. The molecule has 0 saturated heterocycles. The normalized spacial score (nSPS) is 11.4. The second kappa shape index (κ2) is 7.20. The van der Waals surface area contributed by atoms with Crippen molar-refractivity contribution < 1.29 is 71.2 Å². The van der Waals surface area contributed by atoms with Crippen LogP contribution in [-0.2, 0) is 9.59 Å². The summed E-state index contributed by atoms with van der Waals surface area (Å²) >= 11 is 0. The van der Waals surface area contributed by atoms with Crippen molar-refractivity contribution >= 4 is 11.9 Å². The van der Waals surface area contributed by atoms with E-state index in [2.05, 4.69) is 0 Å². The molecule has 6 heteroatoms. The number of hydrogen-bond donors (Lipinski definition) is 3. The van der Waals surface area contributed by atoms with Crippen LogP contribution in [0.3, 0.4) is 0 Å². The van der Waals surface area contributed by atoms with Crippen LogP contribution in [0.4, 0.5) is 0 Å². The van der Waals surface area contributed by atoms with Gasteiger partial charge in [0.1, 0.15) is 6.04 Å². The molecule has 0 heterocycles. The molecular weight excluding hydrogens is 177 g/mol. The van der Waals surface area contributed by atoms with Crippen molar-refractivity contribution in [2.75, 3.05) is 0 Å². The molecule has 4 N–H and O–H groups in total. The maximum atomic E-state index is 9.99. The molecule has 1 unspecified atom stereocenters. The average molecular weight is 186 g/mol. The second-order valence-corrected chi connectivity index (χ2v) is 1.88. The summed E-state index contributed by atoms with van der Waals surface area (Å²) < 4.78 is 0. The monoisotopic (exact) mass is 186 g/mol. The summed E-state index contributed by atoms with van der Waals surface area (Å²) in [6, 6.07) is -1.06. The van der Waals surface area contributed by atoms with Gasteiger partial charge in [-0.15, -0.1) is 0 Å². The van der Waals surface area contributed by atoms with Crippen LogP contribution < -0.4 is 57.1 Å². The number of carbonyl (C=O) groups is 2. The number of aliphatic carboxylic acids is 2. The number of hydrogen-bond acceptors (Lipinski definition) is 3. The minimum absolute atomic E-state index is 0. The smallest absolute Gasteiger partial charge is 0.481 e. The molecule has 0 aliphatic heterocycles. The molecule has 0 aromatic heterocycles. The van der Waals surface area contributed by atoms with E-state index in [1.807, 2.05) is 0 Å². The first-order valence-corrected chi connectivity index (χ1v) is 2.74. The zero-order chi connectivity index (χ0) is 8.15. The van der Waals surface area contributed by atoms with E-state index in [-0.39, 0.29) is 64.2 Å². The van der Waals surface area contributed by atoms with Crippen LogP contribution >= 0.6 is 0 Å². The molecule has 0 radical (unpaired) electrons. The maximum Gasteiger partial charge on any atom is 1.00 e. The van der Waals surface area contributed by atoms with E-state index in [1.54, 1.807) is 0 Å². The third-order valence-electron chi connectivity index (χ3n) is 0.986. The Labute approximate surface area is 106 Å². The fourth-order valence-corrected chi connectivity index (χ4v) is 0.402. The van der Waals surface area contributed by atoms with Crippen molar-refractivity contribution in [3.63, 3.8) is 0 Å². The molecular formula is C5H9KNO4+. The van der Waals surface area contributed by atoms with E-state index in [1.165, 1.54) is 0 Å². The van der Waals surface area contributed by atoms with Crippen molar-refractivity contribution in [2.45, 2.75) is 18.9 Å². The average Bonchev–Trinajstić information content (AvgIpc) is 1.82. The topological polar surface area (TPSA) is 101 Å². The van der Waals surface area contributed by atoms with Gasteiger partial charge in [-0.05, 0) is 6.42 Å². The van der Waals surface area contributed by atoms with Gasteiger partial charge in [-0.1, -0.05) is 0 Å². The van der Waals surface area contributed by atoms with Crippen molar-refractivity contribution in [3.8, 4) is 0 Å². The predicted molar refractivity (Wildman–Crippen MR) is 32.5 cm³/mol. The van der Waals surface area contributed by atoms with E-state index in [9.17, 15) is 9.59 Å². The standard InChI is InChI=1S/C5H9NO4.K/c6-3(5(9)10)1-2-4(7)8;/h3H,1-2,6H2,(H,7,8)(H,9,10);/q;+1. The Hall–Kier alpha value is 0.536. The van der Waals surface area contributed by atoms with Gasteiger partial charge in [0.25, 0.3) is 0 Å². The molecule has 0 saturated carbocycles. The minimum Gasteiger partial charge on any atom is -0.481 e. The molecule has 0 rings (SSSR count). The Balaban J connectivity index is 0. The molecule has 11 heavy (non-hydrogen) atoms. The SMILES string of the molecule is NC(CCC(=O)O)C(=O)O.[K+]. The van der Waals surface area contributed by atoms with Gasteiger partial charge in [0.2, 0.25) is 0 Å². The van der Waals surface area contributed by atoms with Crippen LogP contribution in [-0.4, -0.2) is 28.2 Å². The quantitative estimate of drug-likeness (QED) is 0.392. The number of rotatable bonds is 4. The van der Waals surface area contributed by atoms with Gasteiger partial charge in [-0.3, -0.25) is 9.59 Å². The summed E-state index contributed by atoms with van der Waals surface area (Å²) in [4.78, 5) is 19.9. The number of carboxylic acid groups (broad SMARTS) is 2. The fraction of sp³-hybridized carbons (Fsp3) is 0.600. The molecule has 0 aromatic carbocycles. The van der Waals surface area contributed by atoms with Gasteiger partial charge in [-0.25, -0.2) is 0 Å². The Bertz CT molecular complexity index is 149. The van der Waals surface area contributed by atoms with Crippen molar-refractivity contribution in [1.82, 2.24) is 0 Å². The van der Waals surface area contributed by atoms with Crippen LogP contribution in [0.2, 0.25) is 0 Å². The van der Waals surface area contributed by atoms with E-state index >= 15 is 0 Å². The Morgan fingerprint density at radius 1 is 1.36 bits per heavy atom. The second-order valence-electron chi connectivity index (χ2n) is 1.88. The Morgan fingerprint density at radius 2 is 1.82 bits per heavy atom. The summed E-state index contributed by atoms with van der Waals surface area (Å²) in [5.74, 6) is -2.20. The van der Waals surface area contributed by atoms with Gasteiger partial charge < -0.3 is 15.9 Å². The molecule has 0 fully saturated rings. The largest absolute Gasteiger partial charge is 1.00 e. The van der Waals surface area contributed by atoms with Gasteiger partial charge in [0.15, 0.2) is 0 Å². The third kappa shape index (κ3) is 8.44. The summed E-state index contributed by atoms with van der Waals surface area (Å²) in [7, 11) is 0. The predicted octanol–water partition coefficient (Wildman–Crippen LogP) is -3.73. The first kappa shape index (κ1) is 14.1. The van der Waals surface area contributed by atoms with Gasteiger partial charge in [0, 0.05) is 6.42 Å².